The summed E-state index contributed by atoms with van der Waals surface area (Å²) in [6.45, 7) is 3.72. The molecule has 132 valence electrons. The van der Waals surface area contributed by atoms with Gasteiger partial charge in [0.25, 0.3) is 0 Å². The number of halogens is 2. The molecule has 24 heavy (non-hydrogen) atoms. The zero-order valence-electron chi connectivity index (χ0n) is 13.6. The monoisotopic (exact) mass is 343 g/mol. The van der Waals surface area contributed by atoms with E-state index < -0.39 is 6.29 Å². The van der Waals surface area contributed by atoms with E-state index in [2.05, 4.69) is 20.1 Å². The maximum Gasteiger partial charge on any atom is 0.586 e. The topological polar surface area (TPSA) is 79.9 Å². The first-order valence-corrected chi connectivity index (χ1v) is 7.32. The molecule has 2 rings (SSSR count). The molecule has 7 nitrogen and oxygen atoms in total. The minimum atomic E-state index is -3.70. The number of ether oxygens (including phenoxy) is 2. The number of carbonyl (C=O) groups is 2. The smallest absolute Gasteiger partial charge is 0.395 e. The van der Waals surface area contributed by atoms with E-state index in [4.69, 9.17) is 0 Å². The number of hydrogen-bond acceptors (Lipinski definition) is 5. The van der Waals surface area contributed by atoms with E-state index in [9.17, 15) is 18.4 Å². The number of amides is 2. The molecule has 1 aliphatic heterocycles. The summed E-state index contributed by atoms with van der Waals surface area (Å²) in [4.78, 5) is 25.1. The van der Waals surface area contributed by atoms with Gasteiger partial charge in [0.1, 0.15) is 0 Å². The maximum absolute atomic E-state index is 12.9. The Hall–Kier alpha value is -2.42. The molecule has 2 amide bonds. The molecule has 0 atom stereocenters. The summed E-state index contributed by atoms with van der Waals surface area (Å²) in [6, 6.07) is 3.98. The third-order valence-corrected chi connectivity index (χ3v) is 2.96. The Morgan fingerprint density at radius 1 is 1.17 bits per heavy atom. The number of alkyl halides is 2. The highest BCUT2D eigenvalue weighted by Gasteiger charge is 2.43. The van der Waals surface area contributed by atoms with Gasteiger partial charge in [-0.1, -0.05) is 0 Å². The molecule has 0 unspecified atom stereocenters. The SMILES string of the molecule is CC(C)NC(=O)CN(C)CC(=O)Nc1ccc2c(c1)OC(F)(F)O2. The molecule has 0 aromatic heterocycles. The molecule has 0 bridgehead atoms. The van der Waals surface area contributed by atoms with Crippen molar-refractivity contribution >= 4 is 17.5 Å². The first-order chi connectivity index (χ1) is 11.1. The Kier molecular flexibility index (Phi) is 5.23. The van der Waals surface area contributed by atoms with Gasteiger partial charge in [0, 0.05) is 17.8 Å². The van der Waals surface area contributed by atoms with Crippen molar-refractivity contribution in [1.29, 1.82) is 0 Å². The molecule has 2 N–H and O–H groups in total. The summed E-state index contributed by atoms with van der Waals surface area (Å²) in [6.07, 6.45) is -3.70. The van der Waals surface area contributed by atoms with Crippen molar-refractivity contribution in [3.05, 3.63) is 18.2 Å². The second-order valence-electron chi connectivity index (χ2n) is 5.77. The lowest BCUT2D eigenvalue weighted by molar-refractivity contribution is -0.286. The first-order valence-electron chi connectivity index (χ1n) is 7.32. The average molecular weight is 343 g/mol. The van der Waals surface area contributed by atoms with Crippen LogP contribution in [0.2, 0.25) is 0 Å². The van der Waals surface area contributed by atoms with E-state index in [1.807, 2.05) is 13.8 Å². The minimum absolute atomic E-state index is 0.0199. The number of nitrogens with zero attached hydrogens (tertiary/aromatic N) is 1. The van der Waals surface area contributed by atoms with Crippen molar-refractivity contribution in [3.8, 4) is 11.5 Å². The number of rotatable bonds is 6. The molecule has 9 heteroatoms. The molecule has 0 spiro atoms. The van der Waals surface area contributed by atoms with Crippen LogP contribution in [0.1, 0.15) is 13.8 Å². The first kappa shape index (κ1) is 17.9. The molecule has 0 radical (unpaired) electrons. The molecule has 0 saturated carbocycles. The van der Waals surface area contributed by atoms with Crippen molar-refractivity contribution in [2.45, 2.75) is 26.2 Å². The summed E-state index contributed by atoms with van der Waals surface area (Å²) in [5, 5.41) is 5.27. The van der Waals surface area contributed by atoms with E-state index in [-0.39, 0.29) is 42.4 Å². The summed E-state index contributed by atoms with van der Waals surface area (Å²) in [5.74, 6) is -0.825. The number of hydrogen-bond donors (Lipinski definition) is 2. The van der Waals surface area contributed by atoms with Crippen LogP contribution in [0.15, 0.2) is 18.2 Å². The lowest BCUT2D eigenvalue weighted by atomic mass is 10.2. The normalized spacial score (nSPS) is 14.8. The zero-order valence-corrected chi connectivity index (χ0v) is 13.6. The van der Waals surface area contributed by atoms with E-state index in [1.54, 1.807) is 7.05 Å². The zero-order chi connectivity index (χ0) is 17.9. The van der Waals surface area contributed by atoms with Crippen molar-refractivity contribution in [2.24, 2.45) is 0 Å². The summed E-state index contributed by atoms with van der Waals surface area (Å²) in [5.41, 5.74) is 0.292. The van der Waals surface area contributed by atoms with Crippen LogP contribution in [-0.4, -0.2) is 49.2 Å². The van der Waals surface area contributed by atoms with Gasteiger partial charge in [-0.2, -0.15) is 0 Å². The van der Waals surface area contributed by atoms with Gasteiger partial charge in [0.15, 0.2) is 11.5 Å². The van der Waals surface area contributed by atoms with Crippen LogP contribution in [0, 0.1) is 0 Å². The maximum atomic E-state index is 12.9. The third kappa shape index (κ3) is 5.05. The van der Waals surface area contributed by atoms with Crippen molar-refractivity contribution < 1.29 is 27.8 Å². The van der Waals surface area contributed by atoms with Gasteiger partial charge in [-0.25, -0.2) is 0 Å². The quantitative estimate of drug-likeness (QED) is 0.816. The summed E-state index contributed by atoms with van der Waals surface area (Å²) >= 11 is 0. The van der Waals surface area contributed by atoms with Crippen LogP contribution >= 0.6 is 0 Å². The third-order valence-electron chi connectivity index (χ3n) is 2.96. The van der Waals surface area contributed by atoms with Gasteiger partial charge in [0.2, 0.25) is 11.8 Å². The molecule has 0 saturated heterocycles. The molecule has 0 aliphatic carbocycles. The Balaban J connectivity index is 1.86. The molecule has 1 heterocycles. The molecule has 1 aliphatic rings. The van der Waals surface area contributed by atoms with Crippen LogP contribution in [0.25, 0.3) is 0 Å². The van der Waals surface area contributed by atoms with E-state index >= 15 is 0 Å². The fraction of sp³-hybridized carbons (Fsp3) is 0.467. The van der Waals surface area contributed by atoms with Crippen LogP contribution in [-0.2, 0) is 9.59 Å². The molecule has 1 aromatic carbocycles. The van der Waals surface area contributed by atoms with E-state index in [1.165, 1.54) is 23.1 Å². The van der Waals surface area contributed by atoms with Gasteiger partial charge in [-0.15, -0.1) is 8.78 Å². The van der Waals surface area contributed by atoms with Crippen LogP contribution in [0.3, 0.4) is 0 Å². The van der Waals surface area contributed by atoms with Gasteiger partial charge >= 0.3 is 6.29 Å². The van der Waals surface area contributed by atoms with Crippen LogP contribution in [0.4, 0.5) is 14.5 Å². The van der Waals surface area contributed by atoms with Gasteiger partial charge in [-0.05, 0) is 33.0 Å². The molecular formula is C15H19F2N3O4. The molecule has 1 aromatic rings. The van der Waals surface area contributed by atoms with Crippen LogP contribution in [0.5, 0.6) is 11.5 Å². The molecule has 0 fully saturated rings. The number of likely N-dealkylation sites (N-methyl/N-ethyl adjacent to an activating group) is 1. The summed E-state index contributed by atoms with van der Waals surface area (Å²) in [7, 11) is 1.62. The number of benzene rings is 1. The van der Waals surface area contributed by atoms with E-state index in [0.717, 1.165) is 0 Å². The predicted molar refractivity (Wildman–Crippen MR) is 82.1 cm³/mol. The molecular weight excluding hydrogens is 324 g/mol. The largest absolute Gasteiger partial charge is 0.586 e. The lowest BCUT2D eigenvalue weighted by Gasteiger charge is -2.17. The minimum Gasteiger partial charge on any atom is -0.395 e. The number of anilines is 1. The fourth-order valence-electron chi connectivity index (χ4n) is 2.14. The highest BCUT2D eigenvalue weighted by Crippen LogP contribution is 2.42. The van der Waals surface area contributed by atoms with Crippen LogP contribution < -0.4 is 20.1 Å². The predicted octanol–water partition coefficient (Wildman–Crippen LogP) is 1.40. The van der Waals surface area contributed by atoms with Gasteiger partial charge < -0.3 is 20.1 Å². The Morgan fingerprint density at radius 3 is 2.46 bits per heavy atom. The Morgan fingerprint density at radius 2 is 1.79 bits per heavy atom. The Labute approximate surface area is 137 Å². The highest BCUT2D eigenvalue weighted by molar-refractivity contribution is 5.93. The summed E-state index contributed by atoms with van der Waals surface area (Å²) < 4.78 is 34.5. The number of fused-ring (bicyclic) bond motifs is 1. The number of carbonyl (C=O) groups excluding carboxylic acids is 2. The average Bonchev–Trinajstić information content (AvgIpc) is 2.69. The second kappa shape index (κ2) is 7.00. The highest BCUT2D eigenvalue weighted by atomic mass is 19.3. The lowest BCUT2D eigenvalue weighted by Crippen LogP contribution is -2.41. The standard InChI is InChI=1S/C15H19F2N3O4/c1-9(2)18-13(21)7-20(3)8-14(22)19-10-4-5-11-12(6-10)24-15(16,17)23-11/h4-6,9H,7-8H2,1-3H3,(H,18,21)(H,19,22). The van der Waals surface area contributed by atoms with Crippen molar-refractivity contribution in [2.75, 3.05) is 25.5 Å². The fourth-order valence-corrected chi connectivity index (χ4v) is 2.14. The van der Waals surface area contributed by atoms with E-state index in [0.29, 0.717) is 5.69 Å². The Bertz CT molecular complexity index is 637. The number of nitrogens with one attached hydrogen (secondary N) is 2. The van der Waals surface area contributed by atoms with Gasteiger partial charge in [-0.3, -0.25) is 14.5 Å². The van der Waals surface area contributed by atoms with Crippen molar-refractivity contribution in [1.82, 2.24) is 10.2 Å². The van der Waals surface area contributed by atoms with Gasteiger partial charge in [0.05, 0.1) is 13.1 Å². The second-order valence-corrected chi connectivity index (χ2v) is 5.77. The van der Waals surface area contributed by atoms with Crippen molar-refractivity contribution in [3.63, 3.8) is 0 Å².